The van der Waals surface area contributed by atoms with Crippen LogP contribution in [-0.4, -0.2) is 46.0 Å². The van der Waals surface area contributed by atoms with E-state index < -0.39 is 17.9 Å². The number of amides is 1. The first-order valence-corrected chi connectivity index (χ1v) is 6.93. The molecule has 1 unspecified atom stereocenters. The number of hydrogen-bond donors (Lipinski definition) is 2. The van der Waals surface area contributed by atoms with Gasteiger partial charge in [-0.3, -0.25) is 9.48 Å². The minimum absolute atomic E-state index is 0.128. The third-order valence-electron chi connectivity index (χ3n) is 3.00. The van der Waals surface area contributed by atoms with Crippen LogP contribution in [0.1, 0.15) is 37.0 Å². The molecule has 1 amide bonds. The minimum Gasteiger partial charge on any atom is -0.480 e. The summed E-state index contributed by atoms with van der Waals surface area (Å²) in [6, 6.07) is 0.541. The molecule has 0 aliphatic carbocycles. The number of aromatic nitrogens is 2. The first-order chi connectivity index (χ1) is 10.2. The number of hydrogen-bond acceptors (Lipinski definition) is 4. The van der Waals surface area contributed by atoms with Crippen LogP contribution in [0.4, 0.5) is 0 Å². The number of carboxylic acid groups (broad SMARTS) is 1. The van der Waals surface area contributed by atoms with Gasteiger partial charge in [-0.05, 0) is 6.07 Å². The highest BCUT2D eigenvalue weighted by Crippen LogP contribution is 2.21. The van der Waals surface area contributed by atoms with Crippen LogP contribution in [0, 0.1) is 0 Å². The molecule has 0 bridgehead atoms. The monoisotopic (exact) mass is 309 g/mol. The lowest BCUT2D eigenvalue weighted by Gasteiger charge is -2.14. The second-order valence-electron chi connectivity index (χ2n) is 5.98. The van der Waals surface area contributed by atoms with Crippen molar-refractivity contribution in [2.75, 3.05) is 13.2 Å². The van der Waals surface area contributed by atoms with Crippen LogP contribution in [0.2, 0.25) is 0 Å². The predicted octanol–water partition coefficient (Wildman–Crippen LogP) is 1.10. The maximum Gasteiger partial charge on any atom is 0.328 e. The van der Waals surface area contributed by atoms with Gasteiger partial charge in [0.25, 0.3) is 5.91 Å². The zero-order chi connectivity index (χ0) is 16.9. The van der Waals surface area contributed by atoms with Crippen molar-refractivity contribution in [2.45, 2.75) is 32.2 Å². The van der Waals surface area contributed by atoms with E-state index >= 15 is 0 Å². The predicted molar refractivity (Wildman–Crippen MR) is 81.8 cm³/mol. The fourth-order valence-corrected chi connectivity index (χ4v) is 1.72. The van der Waals surface area contributed by atoms with Gasteiger partial charge in [-0.1, -0.05) is 26.8 Å². The van der Waals surface area contributed by atoms with E-state index in [1.807, 2.05) is 20.8 Å². The highest BCUT2D eigenvalue weighted by atomic mass is 16.5. The van der Waals surface area contributed by atoms with E-state index in [-0.39, 0.29) is 18.6 Å². The van der Waals surface area contributed by atoms with Crippen LogP contribution >= 0.6 is 0 Å². The van der Waals surface area contributed by atoms with Crippen molar-refractivity contribution in [2.24, 2.45) is 7.05 Å². The molecule has 1 atom stereocenters. The van der Waals surface area contributed by atoms with Crippen molar-refractivity contribution in [3.63, 3.8) is 0 Å². The highest BCUT2D eigenvalue weighted by molar-refractivity contribution is 5.95. The normalized spacial score (nSPS) is 12.7. The molecular formula is C15H23N3O4. The Labute approximate surface area is 130 Å². The molecule has 0 aliphatic rings. The number of rotatable bonds is 7. The summed E-state index contributed by atoms with van der Waals surface area (Å²) in [5.41, 5.74) is 0.866. The molecule has 2 N–H and O–H groups in total. The van der Waals surface area contributed by atoms with Crippen LogP contribution in [0.25, 0.3) is 0 Å². The molecule has 0 fully saturated rings. The summed E-state index contributed by atoms with van der Waals surface area (Å²) < 4.78 is 6.54. The SMILES string of the molecule is C=CCOCC(NC(=O)c1cc(C(C)(C)C)nn1C)C(=O)O. The lowest BCUT2D eigenvalue weighted by molar-refractivity contribution is -0.140. The number of aryl methyl sites for hydroxylation is 1. The van der Waals surface area contributed by atoms with E-state index in [9.17, 15) is 9.59 Å². The van der Waals surface area contributed by atoms with Crippen LogP contribution in [0.3, 0.4) is 0 Å². The first-order valence-electron chi connectivity index (χ1n) is 6.93. The standard InChI is InChI=1S/C15H23N3O4/c1-6-7-22-9-10(14(20)21)16-13(19)11-8-12(15(2,3)4)17-18(11)5/h6,8,10H,1,7,9H2,2-5H3,(H,16,19)(H,20,21). The molecule has 1 aromatic heterocycles. The molecule has 0 aliphatic heterocycles. The molecule has 7 nitrogen and oxygen atoms in total. The fourth-order valence-electron chi connectivity index (χ4n) is 1.72. The molecule has 122 valence electrons. The Morgan fingerprint density at radius 1 is 1.55 bits per heavy atom. The van der Waals surface area contributed by atoms with Gasteiger partial charge in [0.2, 0.25) is 0 Å². The number of aliphatic carboxylic acids is 1. The summed E-state index contributed by atoms with van der Waals surface area (Å²) in [5, 5.41) is 15.9. The maximum absolute atomic E-state index is 12.2. The van der Waals surface area contributed by atoms with Crippen molar-refractivity contribution >= 4 is 11.9 Å². The molecule has 1 heterocycles. The number of carbonyl (C=O) groups excluding carboxylic acids is 1. The largest absolute Gasteiger partial charge is 0.480 e. The molecule has 0 aromatic carbocycles. The van der Waals surface area contributed by atoms with Crippen molar-refractivity contribution in [1.82, 2.24) is 15.1 Å². The van der Waals surface area contributed by atoms with Gasteiger partial charge in [0, 0.05) is 12.5 Å². The van der Waals surface area contributed by atoms with Gasteiger partial charge in [-0.15, -0.1) is 6.58 Å². The summed E-state index contributed by atoms with van der Waals surface area (Å²) in [7, 11) is 1.65. The summed E-state index contributed by atoms with van der Waals surface area (Å²) in [6.07, 6.45) is 1.51. The number of ether oxygens (including phenoxy) is 1. The van der Waals surface area contributed by atoms with E-state index in [1.165, 1.54) is 10.8 Å². The van der Waals surface area contributed by atoms with Crippen molar-refractivity contribution in [1.29, 1.82) is 0 Å². The van der Waals surface area contributed by atoms with Crippen LogP contribution in [-0.2, 0) is 22.0 Å². The molecule has 7 heteroatoms. The van der Waals surface area contributed by atoms with Crippen molar-refractivity contribution in [3.8, 4) is 0 Å². The second kappa shape index (κ2) is 7.22. The molecule has 0 radical (unpaired) electrons. The average molecular weight is 309 g/mol. The van der Waals surface area contributed by atoms with E-state index in [0.29, 0.717) is 5.69 Å². The van der Waals surface area contributed by atoms with Gasteiger partial charge in [0.05, 0.1) is 18.9 Å². The summed E-state index contributed by atoms with van der Waals surface area (Å²) >= 11 is 0. The summed E-state index contributed by atoms with van der Waals surface area (Å²) in [4.78, 5) is 23.4. The molecule has 1 aromatic rings. The Balaban J connectivity index is 2.84. The third kappa shape index (κ3) is 4.70. The zero-order valence-electron chi connectivity index (χ0n) is 13.4. The van der Waals surface area contributed by atoms with E-state index in [2.05, 4.69) is 17.0 Å². The Morgan fingerprint density at radius 3 is 2.64 bits per heavy atom. The lowest BCUT2D eigenvalue weighted by atomic mass is 9.92. The van der Waals surface area contributed by atoms with Gasteiger partial charge in [-0.2, -0.15) is 5.10 Å². The molecule has 0 saturated carbocycles. The quantitative estimate of drug-likeness (QED) is 0.581. The van der Waals surface area contributed by atoms with Crippen molar-refractivity contribution < 1.29 is 19.4 Å². The fraction of sp³-hybridized carbons (Fsp3) is 0.533. The molecule has 0 spiro atoms. The van der Waals surface area contributed by atoms with Crippen LogP contribution < -0.4 is 5.32 Å². The number of nitrogens with zero attached hydrogens (tertiary/aromatic N) is 2. The molecule has 1 rings (SSSR count). The van der Waals surface area contributed by atoms with E-state index in [0.717, 1.165) is 5.69 Å². The van der Waals surface area contributed by atoms with Crippen LogP contribution in [0.5, 0.6) is 0 Å². The molecular weight excluding hydrogens is 286 g/mol. The number of carbonyl (C=O) groups is 2. The Bertz CT molecular complexity index is 558. The number of nitrogens with one attached hydrogen (secondary N) is 1. The number of carboxylic acids is 1. The smallest absolute Gasteiger partial charge is 0.328 e. The Morgan fingerprint density at radius 2 is 2.18 bits per heavy atom. The topological polar surface area (TPSA) is 93.5 Å². The van der Waals surface area contributed by atoms with Crippen LogP contribution in [0.15, 0.2) is 18.7 Å². The average Bonchev–Trinajstić information content (AvgIpc) is 2.79. The van der Waals surface area contributed by atoms with E-state index in [1.54, 1.807) is 13.1 Å². The van der Waals surface area contributed by atoms with Crippen molar-refractivity contribution in [3.05, 3.63) is 30.1 Å². The first kappa shape index (κ1) is 17.9. The second-order valence-corrected chi connectivity index (χ2v) is 5.98. The molecule has 0 saturated heterocycles. The Hall–Kier alpha value is -2.15. The van der Waals surface area contributed by atoms with Gasteiger partial charge in [-0.25, -0.2) is 4.79 Å². The van der Waals surface area contributed by atoms with Gasteiger partial charge in [0.1, 0.15) is 5.69 Å². The summed E-state index contributed by atoms with van der Waals surface area (Å²) in [5.74, 6) is -1.66. The third-order valence-corrected chi connectivity index (χ3v) is 3.00. The van der Waals surface area contributed by atoms with Gasteiger partial charge in [0.15, 0.2) is 6.04 Å². The van der Waals surface area contributed by atoms with E-state index in [4.69, 9.17) is 9.84 Å². The Kier molecular flexibility index (Phi) is 5.87. The minimum atomic E-state index is -1.16. The lowest BCUT2D eigenvalue weighted by Crippen LogP contribution is -2.44. The summed E-state index contributed by atoms with van der Waals surface area (Å²) in [6.45, 7) is 9.53. The van der Waals surface area contributed by atoms with Gasteiger partial charge >= 0.3 is 5.97 Å². The van der Waals surface area contributed by atoms with Gasteiger partial charge < -0.3 is 15.2 Å². The maximum atomic E-state index is 12.2. The highest BCUT2D eigenvalue weighted by Gasteiger charge is 2.25. The zero-order valence-corrected chi connectivity index (χ0v) is 13.4. The molecule has 22 heavy (non-hydrogen) atoms.